The monoisotopic (exact) mass is 480 g/mol. The second kappa shape index (κ2) is 11.0. The van der Waals surface area contributed by atoms with Crippen molar-refractivity contribution in [3.05, 3.63) is 60.7 Å². The second-order valence-electron chi connectivity index (χ2n) is 7.60. The van der Waals surface area contributed by atoms with Gasteiger partial charge in [-0.1, -0.05) is 23.5 Å². The number of nitrogens with zero attached hydrogens (tertiary/aromatic N) is 4. The van der Waals surface area contributed by atoms with E-state index in [0.29, 0.717) is 35.3 Å². The van der Waals surface area contributed by atoms with Crippen molar-refractivity contribution < 1.29 is 19.0 Å². The Balaban J connectivity index is 1.61. The highest BCUT2D eigenvalue weighted by atomic mass is 32.1. The molecule has 178 valence electrons. The van der Waals surface area contributed by atoms with Crippen molar-refractivity contribution in [2.75, 3.05) is 32.3 Å². The van der Waals surface area contributed by atoms with E-state index in [-0.39, 0.29) is 12.3 Å². The average Bonchev–Trinajstić information content (AvgIpc) is 3.53. The fourth-order valence-corrected chi connectivity index (χ4v) is 4.81. The molecule has 0 radical (unpaired) electrons. The van der Waals surface area contributed by atoms with Gasteiger partial charge in [0, 0.05) is 25.5 Å². The van der Waals surface area contributed by atoms with Crippen LogP contribution in [0.15, 0.2) is 55.1 Å². The number of benzene rings is 2. The maximum Gasteiger partial charge on any atom is 0.233 e. The first-order valence-electron chi connectivity index (χ1n) is 11.1. The summed E-state index contributed by atoms with van der Waals surface area (Å²) in [5.74, 6) is 2.13. The third-order valence-corrected chi connectivity index (χ3v) is 6.47. The maximum atomic E-state index is 13.5. The van der Waals surface area contributed by atoms with Gasteiger partial charge in [0.1, 0.15) is 27.5 Å². The van der Waals surface area contributed by atoms with Gasteiger partial charge in [-0.2, -0.15) is 0 Å². The van der Waals surface area contributed by atoms with Crippen LogP contribution in [0.5, 0.6) is 17.2 Å². The van der Waals surface area contributed by atoms with Crippen LogP contribution in [0.2, 0.25) is 0 Å². The van der Waals surface area contributed by atoms with E-state index in [9.17, 15) is 4.79 Å². The van der Waals surface area contributed by atoms with Gasteiger partial charge < -0.3 is 18.8 Å². The minimum Gasteiger partial charge on any atom is -0.495 e. The zero-order valence-electron chi connectivity index (χ0n) is 19.6. The predicted octanol–water partition coefficient (Wildman–Crippen LogP) is 4.57. The first kappa shape index (κ1) is 23.6. The van der Waals surface area contributed by atoms with Gasteiger partial charge in [-0.15, -0.1) is 0 Å². The summed E-state index contributed by atoms with van der Waals surface area (Å²) in [5.41, 5.74) is 1.61. The first-order valence-corrected chi connectivity index (χ1v) is 11.9. The number of carbonyl (C=O) groups is 1. The molecule has 4 rings (SSSR count). The summed E-state index contributed by atoms with van der Waals surface area (Å²) in [6, 6.07) is 11.3. The van der Waals surface area contributed by atoms with Crippen LogP contribution in [-0.4, -0.2) is 47.8 Å². The molecule has 34 heavy (non-hydrogen) atoms. The van der Waals surface area contributed by atoms with Crippen LogP contribution in [0, 0.1) is 0 Å². The average molecular weight is 481 g/mol. The first-order chi connectivity index (χ1) is 16.6. The van der Waals surface area contributed by atoms with Gasteiger partial charge in [-0.05, 0) is 43.2 Å². The lowest BCUT2D eigenvalue weighted by atomic mass is 10.1. The molecule has 4 aromatic rings. The third-order valence-electron chi connectivity index (χ3n) is 5.38. The van der Waals surface area contributed by atoms with E-state index in [1.807, 2.05) is 54.1 Å². The SMILES string of the molecule is CCOc1ccc(CC(=O)N(CCCn2ccnc2)c2nc3c(OC)ccc(OC)c3s2)cc1. The molecule has 0 bridgehead atoms. The molecule has 1 amide bonds. The van der Waals surface area contributed by atoms with Crippen molar-refractivity contribution >= 4 is 32.6 Å². The number of hydrogen-bond acceptors (Lipinski definition) is 7. The standard InChI is InChI=1S/C25H28N4O4S/c1-4-33-19-8-6-18(7-9-19)16-22(30)29(14-5-13-28-15-12-26-17-28)25-27-23-20(31-2)10-11-21(32-3)24(23)34-25/h6-12,15,17H,4-5,13-14,16H2,1-3H3. The fraction of sp³-hybridized carbons (Fsp3) is 0.320. The summed E-state index contributed by atoms with van der Waals surface area (Å²) in [6.45, 7) is 3.83. The van der Waals surface area contributed by atoms with Crippen molar-refractivity contribution in [1.82, 2.24) is 14.5 Å². The Bertz CT molecular complexity index is 1180. The molecule has 0 saturated carbocycles. The molecule has 0 aliphatic rings. The molecule has 0 unspecified atom stereocenters. The van der Waals surface area contributed by atoms with Gasteiger partial charge >= 0.3 is 0 Å². The van der Waals surface area contributed by atoms with E-state index in [1.165, 1.54) is 11.3 Å². The Morgan fingerprint density at radius 1 is 1.09 bits per heavy atom. The molecule has 0 aliphatic carbocycles. The molecule has 8 nitrogen and oxygen atoms in total. The molecule has 0 aliphatic heterocycles. The number of anilines is 1. The van der Waals surface area contributed by atoms with Crippen molar-refractivity contribution in [2.24, 2.45) is 0 Å². The van der Waals surface area contributed by atoms with Gasteiger partial charge in [0.25, 0.3) is 0 Å². The lowest BCUT2D eigenvalue weighted by Gasteiger charge is -2.20. The Morgan fingerprint density at radius 2 is 1.85 bits per heavy atom. The summed E-state index contributed by atoms with van der Waals surface area (Å²) < 4.78 is 19.4. The normalized spacial score (nSPS) is 10.9. The minimum atomic E-state index is -0.0215. The Labute approximate surface area is 202 Å². The second-order valence-corrected chi connectivity index (χ2v) is 8.57. The molecule has 0 N–H and O–H groups in total. The van der Waals surface area contributed by atoms with E-state index >= 15 is 0 Å². The highest BCUT2D eigenvalue weighted by Crippen LogP contribution is 2.40. The molecule has 0 saturated heterocycles. The highest BCUT2D eigenvalue weighted by Gasteiger charge is 2.22. The third kappa shape index (κ3) is 5.31. The molecule has 0 spiro atoms. The van der Waals surface area contributed by atoms with Gasteiger partial charge in [-0.3, -0.25) is 9.69 Å². The number of fused-ring (bicyclic) bond motifs is 1. The Kier molecular flexibility index (Phi) is 7.64. The molecule has 0 atom stereocenters. The van der Waals surface area contributed by atoms with E-state index in [0.717, 1.165) is 29.0 Å². The van der Waals surface area contributed by atoms with Crippen molar-refractivity contribution in [3.63, 3.8) is 0 Å². The number of thiazole rings is 1. The fourth-order valence-electron chi connectivity index (χ4n) is 3.69. The summed E-state index contributed by atoms with van der Waals surface area (Å²) in [5, 5.41) is 0.624. The number of amides is 1. The Hall–Kier alpha value is -3.59. The number of imidazole rings is 1. The largest absolute Gasteiger partial charge is 0.495 e. The molecular weight excluding hydrogens is 452 g/mol. The quantitative estimate of drug-likeness (QED) is 0.313. The number of aryl methyl sites for hydroxylation is 1. The van der Waals surface area contributed by atoms with Crippen LogP contribution in [0.3, 0.4) is 0 Å². The van der Waals surface area contributed by atoms with Crippen molar-refractivity contribution in [3.8, 4) is 17.2 Å². The van der Waals surface area contributed by atoms with Gasteiger partial charge in [-0.25, -0.2) is 9.97 Å². The smallest absolute Gasteiger partial charge is 0.233 e. The molecule has 9 heteroatoms. The maximum absolute atomic E-state index is 13.5. The van der Waals surface area contributed by atoms with E-state index in [1.54, 1.807) is 31.6 Å². The van der Waals surface area contributed by atoms with Crippen molar-refractivity contribution in [1.29, 1.82) is 0 Å². The number of methoxy groups -OCH3 is 2. The molecule has 2 heterocycles. The minimum absolute atomic E-state index is 0.0215. The van der Waals surface area contributed by atoms with E-state index < -0.39 is 0 Å². The van der Waals surface area contributed by atoms with Gasteiger partial charge in [0.2, 0.25) is 5.91 Å². The van der Waals surface area contributed by atoms with Crippen LogP contribution in [0.25, 0.3) is 10.2 Å². The lowest BCUT2D eigenvalue weighted by molar-refractivity contribution is -0.118. The number of aromatic nitrogens is 3. The molecule has 0 fully saturated rings. The van der Waals surface area contributed by atoms with E-state index in [2.05, 4.69) is 4.98 Å². The van der Waals surface area contributed by atoms with Crippen LogP contribution in [0.4, 0.5) is 5.13 Å². The predicted molar refractivity (Wildman–Crippen MR) is 133 cm³/mol. The van der Waals surface area contributed by atoms with Crippen molar-refractivity contribution in [2.45, 2.75) is 26.3 Å². The molecule has 2 aromatic carbocycles. The summed E-state index contributed by atoms with van der Waals surface area (Å²) >= 11 is 1.43. The molecule has 2 aromatic heterocycles. The summed E-state index contributed by atoms with van der Waals surface area (Å²) in [6.07, 6.45) is 6.47. The number of hydrogen-bond donors (Lipinski definition) is 0. The van der Waals surface area contributed by atoms with E-state index in [4.69, 9.17) is 19.2 Å². The number of carbonyl (C=O) groups excluding carboxylic acids is 1. The zero-order chi connectivity index (χ0) is 23.9. The van der Waals surface area contributed by atoms with Gasteiger partial charge in [0.05, 0.1) is 33.6 Å². The molecular formula is C25H28N4O4S. The Morgan fingerprint density at radius 3 is 2.53 bits per heavy atom. The van der Waals surface area contributed by atoms with Gasteiger partial charge in [0.15, 0.2) is 5.13 Å². The highest BCUT2D eigenvalue weighted by molar-refractivity contribution is 7.22. The summed E-state index contributed by atoms with van der Waals surface area (Å²) in [7, 11) is 3.24. The van der Waals surface area contributed by atoms with Crippen LogP contribution in [-0.2, 0) is 17.8 Å². The topological polar surface area (TPSA) is 78.7 Å². The van der Waals surface area contributed by atoms with Crippen LogP contribution < -0.4 is 19.1 Å². The lowest BCUT2D eigenvalue weighted by Crippen LogP contribution is -2.33. The summed E-state index contributed by atoms with van der Waals surface area (Å²) in [4.78, 5) is 24.1. The van der Waals surface area contributed by atoms with Crippen LogP contribution >= 0.6 is 11.3 Å². The number of rotatable bonds is 11. The van der Waals surface area contributed by atoms with Crippen LogP contribution in [0.1, 0.15) is 18.9 Å². The zero-order valence-corrected chi connectivity index (χ0v) is 20.4. The number of ether oxygens (including phenoxy) is 3.